The monoisotopic (exact) mass is 547 g/mol. The first-order valence-electron chi connectivity index (χ1n) is 11.8. The normalized spacial score (nSPS) is 49.2. The molecule has 3 aliphatic heterocycles. The van der Waals surface area contributed by atoms with Gasteiger partial charge >= 0.3 is 0 Å². The van der Waals surface area contributed by atoms with Crippen LogP contribution in [0.25, 0.3) is 0 Å². The molecule has 0 radical (unpaired) electrons. The summed E-state index contributed by atoms with van der Waals surface area (Å²) in [5.74, 6) is 0. The highest BCUT2D eigenvalue weighted by atomic mass is 16.8. The van der Waals surface area contributed by atoms with Crippen LogP contribution in [0.5, 0.6) is 0 Å². The van der Waals surface area contributed by atoms with Crippen LogP contribution in [0, 0.1) is 0 Å². The first-order chi connectivity index (χ1) is 17.6. The van der Waals surface area contributed by atoms with Crippen LogP contribution in [0.4, 0.5) is 0 Å². The summed E-state index contributed by atoms with van der Waals surface area (Å²) in [5.41, 5.74) is 5.35. The molecule has 3 saturated heterocycles. The molecule has 0 aromatic rings. The Bertz CT molecular complexity index is 687. The average molecular weight is 548 g/mol. The molecule has 17 nitrogen and oxygen atoms in total. The van der Waals surface area contributed by atoms with Crippen LogP contribution in [0.1, 0.15) is 0 Å². The molecular formula is C20H37NO16. The molecule has 3 fully saturated rings. The fraction of sp³-hybridized carbons (Fsp3) is 1.00. The molecular weight excluding hydrogens is 510 g/mol. The molecule has 0 bridgehead atoms. The van der Waals surface area contributed by atoms with Crippen LogP contribution in [-0.2, 0) is 28.4 Å². The smallest absolute Gasteiger partial charge is 0.187 e. The fourth-order valence-corrected chi connectivity index (χ4v) is 4.37. The zero-order chi connectivity index (χ0) is 27.4. The molecule has 15 atom stereocenters. The van der Waals surface area contributed by atoms with Gasteiger partial charge < -0.3 is 85.2 Å². The van der Waals surface area contributed by atoms with E-state index in [4.69, 9.17) is 34.2 Å². The Morgan fingerprint density at radius 1 is 0.514 bits per heavy atom. The molecule has 17 heteroatoms. The molecule has 0 amide bonds. The number of hydrogen-bond donors (Lipinski definition) is 11. The van der Waals surface area contributed by atoms with Gasteiger partial charge in [-0.05, 0) is 0 Å². The lowest BCUT2D eigenvalue weighted by atomic mass is 9.96. The van der Waals surface area contributed by atoms with Crippen LogP contribution >= 0.6 is 0 Å². The summed E-state index contributed by atoms with van der Waals surface area (Å²) in [6.45, 7) is -2.16. The molecule has 3 heterocycles. The zero-order valence-corrected chi connectivity index (χ0v) is 19.7. The highest BCUT2D eigenvalue weighted by Gasteiger charge is 2.53. The van der Waals surface area contributed by atoms with E-state index >= 15 is 0 Å². The molecule has 0 spiro atoms. The Morgan fingerprint density at radius 3 is 1.38 bits per heavy atom. The second-order valence-corrected chi connectivity index (χ2v) is 8.97. The van der Waals surface area contributed by atoms with E-state index in [1.807, 2.05) is 0 Å². The molecule has 3 aliphatic rings. The molecule has 12 N–H and O–H groups in total. The summed E-state index contributed by atoms with van der Waals surface area (Å²) in [6.07, 6.45) is -24.2. The summed E-state index contributed by atoms with van der Waals surface area (Å²) in [6, 6.07) is 0. The van der Waals surface area contributed by atoms with Gasteiger partial charge in [-0.3, -0.25) is 0 Å². The van der Waals surface area contributed by atoms with Crippen molar-refractivity contribution in [3.63, 3.8) is 0 Å². The average Bonchev–Trinajstić information content (AvgIpc) is 2.90. The van der Waals surface area contributed by atoms with Gasteiger partial charge in [0.15, 0.2) is 18.9 Å². The molecule has 0 aliphatic carbocycles. The van der Waals surface area contributed by atoms with E-state index in [2.05, 4.69) is 0 Å². The molecule has 37 heavy (non-hydrogen) atoms. The first-order valence-corrected chi connectivity index (χ1v) is 11.8. The molecule has 0 saturated carbocycles. The predicted molar refractivity (Wildman–Crippen MR) is 114 cm³/mol. The number of rotatable bonds is 10. The van der Waals surface area contributed by atoms with Crippen LogP contribution in [0.2, 0.25) is 0 Å². The van der Waals surface area contributed by atoms with E-state index in [0.29, 0.717) is 0 Å². The van der Waals surface area contributed by atoms with Crippen molar-refractivity contribution < 1.29 is 79.5 Å². The summed E-state index contributed by atoms with van der Waals surface area (Å²) < 4.78 is 32.4. The van der Waals surface area contributed by atoms with E-state index in [0.717, 1.165) is 0 Å². The number of aliphatic hydroxyl groups is 10. The van der Waals surface area contributed by atoms with Gasteiger partial charge in [0.05, 0.1) is 26.4 Å². The van der Waals surface area contributed by atoms with E-state index in [1.54, 1.807) is 0 Å². The van der Waals surface area contributed by atoms with Crippen LogP contribution < -0.4 is 5.73 Å². The van der Waals surface area contributed by atoms with Gasteiger partial charge in [-0.1, -0.05) is 0 Å². The molecule has 0 unspecified atom stereocenters. The minimum absolute atomic E-state index is 0.0111. The van der Waals surface area contributed by atoms with E-state index in [-0.39, 0.29) is 13.2 Å². The number of ether oxygens (including phenoxy) is 6. The second kappa shape index (κ2) is 13.6. The maximum atomic E-state index is 10.7. The topological polar surface area (TPSA) is 284 Å². The molecule has 218 valence electrons. The lowest BCUT2D eigenvalue weighted by Crippen LogP contribution is -2.66. The third-order valence-electron chi connectivity index (χ3n) is 6.47. The quantitative estimate of drug-likeness (QED) is 0.121. The SMILES string of the molecule is NCCO[C@@H]1O[C@H](CO)[C@@H](O[C@@H]2O[C@H](CO)[C@H](O[C@H]3O[C@H](CO)[C@H](O)[C@H](O)[C@H]3O)[C@H](O)[C@H]2O)[C@H](O)[C@H]1O. The Morgan fingerprint density at radius 2 is 0.919 bits per heavy atom. The highest BCUT2D eigenvalue weighted by Crippen LogP contribution is 2.32. The fourth-order valence-electron chi connectivity index (χ4n) is 4.37. The van der Waals surface area contributed by atoms with Crippen molar-refractivity contribution in [1.29, 1.82) is 0 Å². The third-order valence-corrected chi connectivity index (χ3v) is 6.47. The molecule has 0 aromatic heterocycles. The minimum atomic E-state index is -1.90. The van der Waals surface area contributed by atoms with Crippen molar-refractivity contribution in [2.75, 3.05) is 33.0 Å². The summed E-state index contributed by atoms with van der Waals surface area (Å²) in [4.78, 5) is 0. The number of hydrogen-bond acceptors (Lipinski definition) is 17. The Balaban J connectivity index is 1.70. The highest BCUT2D eigenvalue weighted by molar-refractivity contribution is 4.96. The van der Waals surface area contributed by atoms with Gasteiger partial charge in [-0.25, -0.2) is 0 Å². The number of aliphatic hydroxyl groups excluding tert-OH is 10. The predicted octanol–water partition coefficient (Wildman–Crippen LogP) is -7.59. The van der Waals surface area contributed by atoms with Gasteiger partial charge in [0.1, 0.15) is 73.2 Å². The maximum Gasteiger partial charge on any atom is 0.187 e. The lowest BCUT2D eigenvalue weighted by molar-refractivity contribution is -0.379. The Hall–Kier alpha value is -0.680. The largest absolute Gasteiger partial charge is 0.394 e. The van der Waals surface area contributed by atoms with Crippen LogP contribution in [-0.4, -0.2) is 176 Å². The van der Waals surface area contributed by atoms with Crippen LogP contribution in [0.15, 0.2) is 0 Å². The van der Waals surface area contributed by atoms with E-state index < -0.39 is 112 Å². The zero-order valence-electron chi connectivity index (χ0n) is 19.7. The van der Waals surface area contributed by atoms with Crippen LogP contribution in [0.3, 0.4) is 0 Å². The Kier molecular flexibility index (Phi) is 11.3. The minimum Gasteiger partial charge on any atom is -0.394 e. The van der Waals surface area contributed by atoms with Crippen molar-refractivity contribution in [2.45, 2.75) is 92.1 Å². The first kappa shape index (κ1) is 30.9. The van der Waals surface area contributed by atoms with Crippen molar-refractivity contribution in [3.8, 4) is 0 Å². The summed E-state index contributed by atoms with van der Waals surface area (Å²) >= 11 is 0. The van der Waals surface area contributed by atoms with Gasteiger partial charge in [-0.2, -0.15) is 0 Å². The number of nitrogens with two attached hydrogens (primary N) is 1. The third kappa shape index (κ3) is 6.56. The van der Waals surface area contributed by atoms with Crippen molar-refractivity contribution in [3.05, 3.63) is 0 Å². The lowest BCUT2D eigenvalue weighted by Gasteiger charge is -2.48. The van der Waals surface area contributed by atoms with Gasteiger partial charge in [-0.15, -0.1) is 0 Å². The Labute approximate surface area is 211 Å². The van der Waals surface area contributed by atoms with Gasteiger partial charge in [0, 0.05) is 6.54 Å². The van der Waals surface area contributed by atoms with Gasteiger partial charge in [0.2, 0.25) is 0 Å². The van der Waals surface area contributed by atoms with Crippen molar-refractivity contribution in [1.82, 2.24) is 0 Å². The van der Waals surface area contributed by atoms with E-state index in [1.165, 1.54) is 0 Å². The summed E-state index contributed by atoms with van der Waals surface area (Å²) in [5, 5.41) is 101. The van der Waals surface area contributed by atoms with E-state index in [9.17, 15) is 51.1 Å². The van der Waals surface area contributed by atoms with Gasteiger partial charge in [0.25, 0.3) is 0 Å². The molecule has 3 rings (SSSR count). The standard InChI is InChI=1S/C20H37NO16/c21-1-2-32-18-14(30)11(27)16(7(4-23)34-18)37-20-15(31)12(28)17(8(5-24)35-20)36-19-13(29)10(26)9(25)6(3-22)33-19/h6-20,22-31H,1-5,21H2/t6-,7-,8-,9+,10+,11-,12-,13-,14-,15-,16-,17+,18-,19-,20+/m1/s1. The summed E-state index contributed by atoms with van der Waals surface area (Å²) in [7, 11) is 0. The van der Waals surface area contributed by atoms with Crippen molar-refractivity contribution >= 4 is 0 Å². The second-order valence-electron chi connectivity index (χ2n) is 8.97. The molecule has 0 aromatic carbocycles. The van der Waals surface area contributed by atoms with Crippen molar-refractivity contribution in [2.24, 2.45) is 5.73 Å². The maximum absolute atomic E-state index is 10.7.